The number of nitrogens with zero attached hydrogens (tertiary/aromatic N) is 1. The van der Waals surface area contributed by atoms with Crippen molar-refractivity contribution >= 4 is 17.5 Å². The maximum Gasteiger partial charge on any atom is 0.254 e. The molecule has 1 aromatic rings. The van der Waals surface area contributed by atoms with E-state index in [1.54, 1.807) is 0 Å². The predicted molar refractivity (Wildman–Crippen MR) is 60.5 cm³/mol. The summed E-state index contributed by atoms with van der Waals surface area (Å²) >= 11 is 5.75. The van der Waals surface area contributed by atoms with Gasteiger partial charge in [-0.2, -0.15) is 0 Å². The second kappa shape index (κ2) is 5.42. The van der Waals surface area contributed by atoms with Crippen LogP contribution in [0.25, 0.3) is 0 Å². The number of nitrogens with one attached hydrogen (secondary N) is 1. The van der Waals surface area contributed by atoms with Crippen molar-refractivity contribution in [3.05, 3.63) is 28.8 Å². The van der Waals surface area contributed by atoms with Crippen LogP contribution < -0.4 is 5.32 Å². The third-order valence-corrected chi connectivity index (χ3v) is 2.91. The molecule has 2 heterocycles. The Balaban J connectivity index is 2.05. The van der Waals surface area contributed by atoms with E-state index in [0.29, 0.717) is 13.2 Å². The van der Waals surface area contributed by atoms with Crippen molar-refractivity contribution in [3.8, 4) is 0 Å². The average Bonchev–Trinajstić information content (AvgIpc) is 2.33. The molecule has 1 fully saturated rings. The minimum atomic E-state index is -0.577. The smallest absolute Gasteiger partial charge is 0.254 e. The van der Waals surface area contributed by atoms with Crippen LogP contribution in [0.3, 0.4) is 0 Å². The van der Waals surface area contributed by atoms with Crippen molar-refractivity contribution in [3.63, 3.8) is 0 Å². The van der Waals surface area contributed by atoms with E-state index in [-0.39, 0.29) is 16.8 Å². The highest BCUT2D eigenvalue weighted by molar-refractivity contribution is 6.32. The second-order valence-corrected chi connectivity index (χ2v) is 4.21. The van der Waals surface area contributed by atoms with Crippen LogP contribution in [-0.2, 0) is 4.74 Å². The van der Waals surface area contributed by atoms with Gasteiger partial charge in [0.15, 0.2) is 0 Å². The van der Waals surface area contributed by atoms with Gasteiger partial charge in [0.25, 0.3) is 5.91 Å². The summed E-state index contributed by atoms with van der Waals surface area (Å²) in [5.74, 6) is -0.972. The van der Waals surface area contributed by atoms with Gasteiger partial charge in [-0.25, -0.2) is 9.37 Å². The molecule has 1 aromatic heterocycles. The zero-order valence-corrected chi connectivity index (χ0v) is 9.84. The number of hydrogen-bond donors (Lipinski definition) is 1. The Labute approximate surface area is 103 Å². The van der Waals surface area contributed by atoms with Gasteiger partial charge in [0.1, 0.15) is 11.0 Å². The number of carbonyl (C=O) groups excluding carboxylic acids is 1. The molecule has 0 bridgehead atoms. The maximum atomic E-state index is 13.0. The van der Waals surface area contributed by atoms with E-state index >= 15 is 0 Å². The lowest BCUT2D eigenvalue weighted by molar-refractivity contribution is 0.0696. The Bertz CT molecular complexity index is 422. The molecule has 0 aromatic carbocycles. The van der Waals surface area contributed by atoms with E-state index in [4.69, 9.17) is 16.3 Å². The molecule has 1 saturated heterocycles. The molecule has 1 aliphatic heterocycles. The monoisotopic (exact) mass is 258 g/mol. The summed E-state index contributed by atoms with van der Waals surface area (Å²) in [6.07, 6.45) is 2.49. The van der Waals surface area contributed by atoms with Crippen molar-refractivity contribution < 1.29 is 13.9 Å². The van der Waals surface area contributed by atoms with Gasteiger partial charge >= 0.3 is 0 Å². The second-order valence-electron chi connectivity index (χ2n) is 3.85. The zero-order valence-electron chi connectivity index (χ0n) is 9.08. The van der Waals surface area contributed by atoms with E-state index in [2.05, 4.69) is 10.3 Å². The molecule has 0 saturated carbocycles. The fourth-order valence-electron chi connectivity index (χ4n) is 1.69. The molecular formula is C11H12ClFN2O2. The van der Waals surface area contributed by atoms with Crippen molar-refractivity contribution in [2.24, 2.45) is 0 Å². The number of amides is 1. The Hall–Kier alpha value is -1.20. The molecule has 0 unspecified atom stereocenters. The fourth-order valence-corrected chi connectivity index (χ4v) is 1.88. The SMILES string of the molecule is O=C(NC1CCOCC1)c1cc(F)cnc1Cl. The van der Waals surface area contributed by atoms with Crippen LogP contribution in [0, 0.1) is 5.82 Å². The minimum absolute atomic E-state index is 0.0101. The van der Waals surface area contributed by atoms with Crippen molar-refractivity contribution in [2.45, 2.75) is 18.9 Å². The highest BCUT2D eigenvalue weighted by atomic mass is 35.5. The summed E-state index contributed by atoms with van der Waals surface area (Å²) in [4.78, 5) is 15.4. The molecule has 1 aliphatic rings. The van der Waals surface area contributed by atoms with Gasteiger partial charge in [-0.3, -0.25) is 4.79 Å². The third kappa shape index (κ3) is 3.14. The van der Waals surface area contributed by atoms with E-state index in [9.17, 15) is 9.18 Å². The third-order valence-electron chi connectivity index (χ3n) is 2.61. The lowest BCUT2D eigenvalue weighted by atomic mass is 10.1. The quantitative estimate of drug-likeness (QED) is 0.823. The van der Waals surface area contributed by atoms with Crippen LogP contribution in [0.2, 0.25) is 5.15 Å². The van der Waals surface area contributed by atoms with Crippen LogP contribution >= 0.6 is 11.6 Å². The van der Waals surface area contributed by atoms with Gasteiger partial charge in [0.05, 0.1) is 11.8 Å². The first-order valence-electron chi connectivity index (χ1n) is 5.36. The highest BCUT2D eigenvalue weighted by Gasteiger charge is 2.19. The summed E-state index contributed by atoms with van der Waals surface area (Å²) in [6, 6.07) is 1.14. The van der Waals surface area contributed by atoms with Crippen LogP contribution in [0.4, 0.5) is 4.39 Å². The van der Waals surface area contributed by atoms with E-state index in [1.807, 2.05) is 0 Å². The van der Waals surface area contributed by atoms with Gasteiger partial charge < -0.3 is 10.1 Å². The van der Waals surface area contributed by atoms with Crippen molar-refractivity contribution in [2.75, 3.05) is 13.2 Å². The summed E-state index contributed by atoms with van der Waals surface area (Å²) in [6.45, 7) is 1.25. The van der Waals surface area contributed by atoms with E-state index in [1.165, 1.54) is 0 Å². The van der Waals surface area contributed by atoms with Gasteiger partial charge in [-0.15, -0.1) is 0 Å². The number of pyridine rings is 1. The van der Waals surface area contributed by atoms with Crippen molar-refractivity contribution in [1.82, 2.24) is 10.3 Å². The first-order valence-corrected chi connectivity index (χ1v) is 5.74. The molecule has 0 aliphatic carbocycles. The standard InChI is InChI=1S/C11H12ClFN2O2/c12-10-9(5-7(13)6-14-10)11(16)15-8-1-3-17-4-2-8/h5-6,8H,1-4H2,(H,15,16). The Morgan fingerprint density at radius 3 is 2.94 bits per heavy atom. The Kier molecular flexibility index (Phi) is 3.91. The van der Waals surface area contributed by atoms with Gasteiger partial charge in [0.2, 0.25) is 0 Å². The minimum Gasteiger partial charge on any atom is -0.381 e. The molecule has 0 atom stereocenters. The lowest BCUT2D eigenvalue weighted by Crippen LogP contribution is -2.39. The van der Waals surface area contributed by atoms with Crippen LogP contribution in [0.5, 0.6) is 0 Å². The lowest BCUT2D eigenvalue weighted by Gasteiger charge is -2.23. The first-order chi connectivity index (χ1) is 8.16. The summed E-state index contributed by atoms with van der Waals surface area (Å²) in [5.41, 5.74) is 0.0677. The van der Waals surface area contributed by atoms with Gasteiger partial charge in [-0.05, 0) is 18.9 Å². The van der Waals surface area contributed by atoms with Crippen LogP contribution in [0.15, 0.2) is 12.3 Å². The first kappa shape index (κ1) is 12.3. The predicted octanol–water partition coefficient (Wildman–Crippen LogP) is 1.78. The summed E-state index contributed by atoms with van der Waals surface area (Å²) in [7, 11) is 0. The molecular weight excluding hydrogens is 247 g/mol. The number of ether oxygens (including phenoxy) is 1. The molecule has 4 nitrogen and oxygen atoms in total. The molecule has 92 valence electrons. The molecule has 0 spiro atoms. The molecule has 0 radical (unpaired) electrons. The van der Waals surface area contributed by atoms with Gasteiger partial charge in [0, 0.05) is 19.3 Å². The van der Waals surface area contributed by atoms with Crippen molar-refractivity contribution in [1.29, 1.82) is 0 Å². The van der Waals surface area contributed by atoms with Crippen LogP contribution in [0.1, 0.15) is 23.2 Å². The molecule has 1 amide bonds. The highest BCUT2D eigenvalue weighted by Crippen LogP contribution is 2.15. The molecule has 17 heavy (non-hydrogen) atoms. The van der Waals surface area contributed by atoms with E-state index in [0.717, 1.165) is 25.1 Å². The Morgan fingerprint density at radius 2 is 2.24 bits per heavy atom. The zero-order chi connectivity index (χ0) is 12.3. The molecule has 6 heteroatoms. The number of aromatic nitrogens is 1. The molecule has 1 N–H and O–H groups in total. The van der Waals surface area contributed by atoms with Gasteiger partial charge in [-0.1, -0.05) is 11.6 Å². The van der Waals surface area contributed by atoms with Crippen LogP contribution in [-0.4, -0.2) is 30.1 Å². The van der Waals surface area contributed by atoms with E-state index < -0.39 is 11.7 Å². The Morgan fingerprint density at radius 1 is 1.53 bits per heavy atom. The normalized spacial score (nSPS) is 16.8. The number of hydrogen-bond acceptors (Lipinski definition) is 3. The number of carbonyl (C=O) groups is 1. The topological polar surface area (TPSA) is 51.2 Å². The summed E-state index contributed by atoms with van der Waals surface area (Å²) in [5, 5.41) is 2.80. The number of rotatable bonds is 2. The average molecular weight is 259 g/mol. The maximum absolute atomic E-state index is 13.0. The molecule has 2 rings (SSSR count). The largest absolute Gasteiger partial charge is 0.381 e. The fraction of sp³-hybridized carbons (Fsp3) is 0.455. The number of halogens is 2. The summed E-state index contributed by atoms with van der Waals surface area (Å²) < 4.78 is 18.1.